The molecule has 1 aliphatic heterocycles. The lowest BCUT2D eigenvalue weighted by Crippen LogP contribution is -2.40. The number of nitrogens with zero attached hydrogens (tertiary/aromatic N) is 2. The summed E-state index contributed by atoms with van der Waals surface area (Å²) in [7, 11) is 1.74. The summed E-state index contributed by atoms with van der Waals surface area (Å²) in [6.07, 6.45) is 4.16. The second-order valence-electron chi connectivity index (χ2n) is 4.69. The first kappa shape index (κ1) is 12.8. The van der Waals surface area contributed by atoms with Crippen molar-refractivity contribution in [2.24, 2.45) is 5.73 Å². The second kappa shape index (κ2) is 5.35. The minimum absolute atomic E-state index is 0.0788. The average Bonchev–Trinajstić information content (AvgIpc) is 2.38. The van der Waals surface area contributed by atoms with Gasteiger partial charge < -0.3 is 15.4 Å². The number of anilines is 1. The summed E-state index contributed by atoms with van der Waals surface area (Å²) in [6, 6.07) is 1.89. The van der Waals surface area contributed by atoms with Gasteiger partial charge in [0.1, 0.15) is 11.7 Å². The maximum Gasteiger partial charge on any atom is 0.139 e. The van der Waals surface area contributed by atoms with Crippen LogP contribution in [0.5, 0.6) is 0 Å². The highest BCUT2D eigenvalue weighted by molar-refractivity contribution is 6.01. The van der Waals surface area contributed by atoms with E-state index in [4.69, 9.17) is 15.9 Å². The Balaban J connectivity index is 2.32. The first-order valence-electron chi connectivity index (χ1n) is 6.21. The molecular weight excluding hydrogens is 228 g/mol. The molecule has 98 valence electrons. The number of rotatable bonds is 3. The molecule has 2 rings (SSSR count). The van der Waals surface area contributed by atoms with Gasteiger partial charge in [-0.25, -0.2) is 4.98 Å². The molecule has 1 saturated heterocycles. The van der Waals surface area contributed by atoms with Crippen molar-refractivity contribution in [2.75, 3.05) is 25.1 Å². The van der Waals surface area contributed by atoms with E-state index in [1.54, 1.807) is 13.3 Å². The summed E-state index contributed by atoms with van der Waals surface area (Å²) in [5.41, 5.74) is 7.41. The van der Waals surface area contributed by atoms with Gasteiger partial charge in [-0.1, -0.05) is 0 Å². The molecule has 5 heteroatoms. The molecule has 1 atom stereocenters. The quantitative estimate of drug-likeness (QED) is 0.624. The zero-order valence-corrected chi connectivity index (χ0v) is 10.9. The smallest absolute Gasteiger partial charge is 0.139 e. The topological polar surface area (TPSA) is 75.2 Å². The zero-order valence-electron chi connectivity index (χ0n) is 10.9. The monoisotopic (exact) mass is 248 g/mol. The van der Waals surface area contributed by atoms with Gasteiger partial charge in [0, 0.05) is 26.4 Å². The lowest BCUT2D eigenvalue weighted by Gasteiger charge is -2.34. The van der Waals surface area contributed by atoms with Gasteiger partial charge in [-0.15, -0.1) is 0 Å². The fourth-order valence-electron chi connectivity index (χ4n) is 2.44. The van der Waals surface area contributed by atoms with E-state index in [1.165, 1.54) is 0 Å². The maximum absolute atomic E-state index is 7.71. The van der Waals surface area contributed by atoms with Gasteiger partial charge in [0.25, 0.3) is 0 Å². The van der Waals surface area contributed by atoms with E-state index in [0.717, 1.165) is 42.9 Å². The van der Waals surface area contributed by atoms with E-state index in [0.29, 0.717) is 0 Å². The van der Waals surface area contributed by atoms with Crippen molar-refractivity contribution < 1.29 is 4.74 Å². The van der Waals surface area contributed by atoms with Crippen molar-refractivity contribution in [3.8, 4) is 0 Å². The normalized spacial score (nSPS) is 19.9. The zero-order chi connectivity index (χ0) is 13.1. The van der Waals surface area contributed by atoms with Crippen molar-refractivity contribution in [3.05, 3.63) is 23.4 Å². The highest BCUT2D eigenvalue weighted by atomic mass is 16.5. The number of nitrogens with one attached hydrogen (secondary N) is 1. The SMILES string of the molecule is COC1CCCN(c2nccc(C)c2C(=N)N)C1. The van der Waals surface area contributed by atoms with Crippen LogP contribution in [0.2, 0.25) is 0 Å². The predicted octanol–water partition coefficient (Wildman–Crippen LogP) is 1.29. The maximum atomic E-state index is 7.71. The lowest BCUT2D eigenvalue weighted by atomic mass is 10.1. The Labute approximate surface area is 107 Å². The number of hydrogen-bond donors (Lipinski definition) is 2. The number of hydrogen-bond acceptors (Lipinski definition) is 4. The third-order valence-electron chi connectivity index (χ3n) is 3.42. The number of amidine groups is 1. The van der Waals surface area contributed by atoms with Crippen LogP contribution in [0.1, 0.15) is 24.0 Å². The number of methoxy groups -OCH3 is 1. The fourth-order valence-corrected chi connectivity index (χ4v) is 2.44. The standard InChI is InChI=1S/C13H20N4O/c1-9-5-6-16-13(11(9)12(14)15)17-7-3-4-10(8-17)18-2/h5-6,10H,3-4,7-8H2,1-2H3,(H3,14,15). The van der Waals surface area contributed by atoms with Crippen LogP contribution in [0, 0.1) is 12.3 Å². The number of aryl methyl sites for hydroxylation is 1. The number of nitrogen functional groups attached to an aromatic ring is 1. The number of ether oxygens (including phenoxy) is 1. The molecule has 0 amide bonds. The fraction of sp³-hybridized carbons (Fsp3) is 0.538. The summed E-state index contributed by atoms with van der Waals surface area (Å²) in [5, 5.41) is 7.71. The van der Waals surface area contributed by atoms with Gasteiger partial charge in [0.05, 0.1) is 11.7 Å². The molecule has 0 saturated carbocycles. The number of pyridine rings is 1. The molecular formula is C13H20N4O. The summed E-state index contributed by atoms with van der Waals surface area (Å²) in [6.45, 7) is 3.71. The number of aromatic nitrogens is 1. The molecule has 0 aromatic carbocycles. The summed E-state index contributed by atoms with van der Waals surface area (Å²) >= 11 is 0. The molecule has 1 unspecified atom stereocenters. The van der Waals surface area contributed by atoms with Crippen molar-refractivity contribution in [1.82, 2.24) is 4.98 Å². The third kappa shape index (κ3) is 2.46. The van der Waals surface area contributed by atoms with E-state index >= 15 is 0 Å². The molecule has 1 fully saturated rings. The minimum atomic E-state index is 0.0788. The Morgan fingerprint density at radius 1 is 1.61 bits per heavy atom. The predicted molar refractivity (Wildman–Crippen MR) is 72.2 cm³/mol. The molecule has 0 radical (unpaired) electrons. The van der Waals surface area contributed by atoms with Crippen LogP contribution in [0.25, 0.3) is 0 Å². The molecule has 18 heavy (non-hydrogen) atoms. The Bertz CT molecular complexity index is 447. The van der Waals surface area contributed by atoms with Gasteiger partial charge in [-0.2, -0.15) is 0 Å². The largest absolute Gasteiger partial charge is 0.384 e. The van der Waals surface area contributed by atoms with Crippen molar-refractivity contribution in [2.45, 2.75) is 25.9 Å². The molecule has 1 aliphatic rings. The Hall–Kier alpha value is -1.62. The van der Waals surface area contributed by atoms with Crippen molar-refractivity contribution in [1.29, 1.82) is 5.41 Å². The molecule has 2 heterocycles. The van der Waals surface area contributed by atoms with Crippen molar-refractivity contribution >= 4 is 11.7 Å². The molecule has 0 bridgehead atoms. The van der Waals surface area contributed by atoms with Crippen LogP contribution >= 0.6 is 0 Å². The Morgan fingerprint density at radius 2 is 2.39 bits per heavy atom. The van der Waals surface area contributed by atoms with Gasteiger partial charge in [0.2, 0.25) is 0 Å². The van der Waals surface area contributed by atoms with E-state index in [-0.39, 0.29) is 11.9 Å². The number of nitrogens with two attached hydrogens (primary N) is 1. The molecule has 1 aromatic rings. The second-order valence-corrected chi connectivity index (χ2v) is 4.69. The summed E-state index contributed by atoms with van der Waals surface area (Å²) in [5.74, 6) is 0.888. The van der Waals surface area contributed by atoms with Crippen LogP contribution < -0.4 is 10.6 Å². The molecule has 0 spiro atoms. The van der Waals surface area contributed by atoms with Crippen LogP contribution in [-0.2, 0) is 4.74 Å². The Morgan fingerprint density at radius 3 is 3.06 bits per heavy atom. The minimum Gasteiger partial charge on any atom is -0.384 e. The summed E-state index contributed by atoms with van der Waals surface area (Å²) < 4.78 is 5.42. The number of piperidine rings is 1. The molecule has 3 N–H and O–H groups in total. The van der Waals surface area contributed by atoms with Gasteiger partial charge in [-0.05, 0) is 31.4 Å². The highest BCUT2D eigenvalue weighted by Crippen LogP contribution is 2.24. The first-order valence-corrected chi connectivity index (χ1v) is 6.21. The van der Waals surface area contributed by atoms with Crippen LogP contribution in [0.15, 0.2) is 12.3 Å². The Kier molecular flexibility index (Phi) is 3.81. The van der Waals surface area contributed by atoms with Gasteiger partial charge >= 0.3 is 0 Å². The van der Waals surface area contributed by atoms with Gasteiger partial charge in [-0.3, -0.25) is 5.41 Å². The van der Waals surface area contributed by atoms with E-state index < -0.39 is 0 Å². The van der Waals surface area contributed by atoms with E-state index in [1.807, 2.05) is 13.0 Å². The van der Waals surface area contributed by atoms with Gasteiger partial charge in [0.15, 0.2) is 0 Å². The molecule has 5 nitrogen and oxygen atoms in total. The van der Waals surface area contributed by atoms with Crippen molar-refractivity contribution in [3.63, 3.8) is 0 Å². The van der Waals surface area contributed by atoms with E-state index in [9.17, 15) is 0 Å². The van der Waals surface area contributed by atoms with Crippen LogP contribution in [0.4, 0.5) is 5.82 Å². The molecule has 0 aliphatic carbocycles. The van der Waals surface area contributed by atoms with Crippen LogP contribution in [-0.4, -0.2) is 37.1 Å². The molecule has 1 aromatic heterocycles. The first-order chi connectivity index (χ1) is 8.63. The highest BCUT2D eigenvalue weighted by Gasteiger charge is 2.23. The lowest BCUT2D eigenvalue weighted by molar-refractivity contribution is 0.0891. The average molecular weight is 248 g/mol. The third-order valence-corrected chi connectivity index (χ3v) is 3.42. The van der Waals surface area contributed by atoms with E-state index in [2.05, 4.69) is 9.88 Å². The summed E-state index contributed by atoms with van der Waals surface area (Å²) in [4.78, 5) is 6.57. The van der Waals surface area contributed by atoms with Crippen LogP contribution in [0.3, 0.4) is 0 Å².